The molecule has 0 aliphatic rings. The molecule has 0 atom stereocenters. The highest BCUT2D eigenvalue weighted by atomic mass is 19.3. The molecule has 0 fully saturated rings. The SMILES string of the molecule is OCCn1cc(NCc2ccc(OCC(F)F)cc2)cn1. The van der Waals surface area contributed by atoms with E-state index < -0.39 is 13.0 Å². The Balaban J connectivity index is 1.82. The molecule has 5 nitrogen and oxygen atoms in total. The van der Waals surface area contributed by atoms with Gasteiger partial charge in [-0.1, -0.05) is 12.1 Å². The summed E-state index contributed by atoms with van der Waals surface area (Å²) in [5.41, 5.74) is 1.84. The van der Waals surface area contributed by atoms with E-state index in [1.807, 2.05) is 12.1 Å². The molecule has 2 rings (SSSR count). The lowest BCUT2D eigenvalue weighted by atomic mass is 10.2. The molecule has 0 radical (unpaired) electrons. The second-order valence-electron chi connectivity index (χ2n) is 4.42. The summed E-state index contributed by atoms with van der Waals surface area (Å²) in [6, 6.07) is 6.95. The molecule has 0 unspecified atom stereocenters. The lowest BCUT2D eigenvalue weighted by molar-refractivity contribution is 0.0819. The normalized spacial score (nSPS) is 10.9. The van der Waals surface area contributed by atoms with E-state index in [-0.39, 0.29) is 6.61 Å². The first-order valence-electron chi connectivity index (χ1n) is 6.54. The first-order valence-corrected chi connectivity index (χ1v) is 6.54. The molecule has 1 heterocycles. The second kappa shape index (κ2) is 7.58. The van der Waals surface area contributed by atoms with Crippen LogP contribution < -0.4 is 10.1 Å². The van der Waals surface area contributed by atoms with Crippen LogP contribution in [0.5, 0.6) is 5.75 Å². The molecule has 0 aliphatic heterocycles. The molecule has 7 heteroatoms. The average Bonchev–Trinajstić information content (AvgIpc) is 2.92. The van der Waals surface area contributed by atoms with Crippen LogP contribution in [0.15, 0.2) is 36.7 Å². The largest absolute Gasteiger partial charge is 0.488 e. The van der Waals surface area contributed by atoms with Gasteiger partial charge in [-0.3, -0.25) is 4.68 Å². The van der Waals surface area contributed by atoms with Gasteiger partial charge in [-0.25, -0.2) is 8.78 Å². The van der Waals surface area contributed by atoms with Crippen molar-refractivity contribution in [1.29, 1.82) is 0 Å². The number of aliphatic hydroxyl groups excluding tert-OH is 1. The zero-order valence-electron chi connectivity index (χ0n) is 11.4. The van der Waals surface area contributed by atoms with Gasteiger partial charge in [0, 0.05) is 12.7 Å². The van der Waals surface area contributed by atoms with Gasteiger partial charge >= 0.3 is 0 Å². The van der Waals surface area contributed by atoms with Crippen LogP contribution in [0, 0.1) is 0 Å². The van der Waals surface area contributed by atoms with Gasteiger partial charge in [-0.05, 0) is 17.7 Å². The van der Waals surface area contributed by atoms with E-state index in [1.54, 1.807) is 29.2 Å². The molecular weight excluding hydrogens is 280 g/mol. The van der Waals surface area contributed by atoms with Crippen molar-refractivity contribution in [1.82, 2.24) is 9.78 Å². The Morgan fingerprint density at radius 1 is 1.29 bits per heavy atom. The summed E-state index contributed by atoms with van der Waals surface area (Å²) in [6.45, 7) is 0.487. The summed E-state index contributed by atoms with van der Waals surface area (Å²) >= 11 is 0. The molecular formula is C14H17F2N3O2. The fourth-order valence-corrected chi connectivity index (χ4v) is 1.75. The fraction of sp³-hybridized carbons (Fsp3) is 0.357. The van der Waals surface area contributed by atoms with Gasteiger partial charge < -0.3 is 15.2 Å². The number of hydrogen-bond acceptors (Lipinski definition) is 4. The molecule has 0 bridgehead atoms. The van der Waals surface area contributed by atoms with E-state index >= 15 is 0 Å². The number of ether oxygens (including phenoxy) is 1. The Labute approximate surface area is 121 Å². The number of nitrogens with zero attached hydrogens (tertiary/aromatic N) is 2. The first kappa shape index (κ1) is 15.2. The Morgan fingerprint density at radius 3 is 2.71 bits per heavy atom. The van der Waals surface area contributed by atoms with E-state index in [9.17, 15) is 8.78 Å². The standard InChI is InChI=1S/C14H17F2N3O2/c15-14(16)10-21-13-3-1-11(2-4-13)7-17-12-8-18-19(9-12)5-6-20/h1-4,8-9,14,17,20H,5-7,10H2. The Morgan fingerprint density at radius 2 is 2.05 bits per heavy atom. The molecule has 0 aliphatic carbocycles. The van der Waals surface area contributed by atoms with Gasteiger partial charge in [-0.2, -0.15) is 5.10 Å². The summed E-state index contributed by atoms with van der Waals surface area (Å²) in [6.07, 6.45) is 1.01. The van der Waals surface area contributed by atoms with Crippen molar-refractivity contribution in [3.63, 3.8) is 0 Å². The summed E-state index contributed by atoms with van der Waals surface area (Å²) in [5, 5.41) is 16.1. The maximum atomic E-state index is 12.0. The lowest BCUT2D eigenvalue weighted by Crippen LogP contribution is -2.07. The van der Waals surface area contributed by atoms with Crippen LogP contribution in [0.25, 0.3) is 0 Å². The Bertz CT molecular complexity index is 543. The number of anilines is 1. The van der Waals surface area contributed by atoms with Gasteiger partial charge in [0.15, 0.2) is 0 Å². The van der Waals surface area contributed by atoms with E-state index in [4.69, 9.17) is 9.84 Å². The number of aliphatic hydroxyl groups is 1. The number of halogens is 2. The zero-order valence-corrected chi connectivity index (χ0v) is 11.4. The number of rotatable bonds is 8. The van der Waals surface area contributed by atoms with E-state index in [1.165, 1.54) is 0 Å². The predicted molar refractivity (Wildman–Crippen MR) is 74.6 cm³/mol. The van der Waals surface area contributed by atoms with E-state index in [0.29, 0.717) is 18.8 Å². The second-order valence-corrected chi connectivity index (χ2v) is 4.42. The Kier molecular flexibility index (Phi) is 5.51. The molecule has 0 spiro atoms. The smallest absolute Gasteiger partial charge is 0.272 e. The predicted octanol–water partition coefficient (Wildman–Crippen LogP) is 2.13. The minimum absolute atomic E-state index is 0.0429. The van der Waals surface area contributed by atoms with Gasteiger partial charge in [0.25, 0.3) is 6.43 Å². The summed E-state index contributed by atoms with van der Waals surface area (Å²) in [5.74, 6) is 0.426. The number of hydrogen-bond donors (Lipinski definition) is 2. The Hall–Kier alpha value is -2.15. The van der Waals surface area contributed by atoms with Crippen molar-refractivity contribution in [3.8, 4) is 5.75 Å². The maximum Gasteiger partial charge on any atom is 0.272 e. The van der Waals surface area contributed by atoms with Gasteiger partial charge in [0.1, 0.15) is 12.4 Å². The number of nitrogens with one attached hydrogen (secondary N) is 1. The zero-order chi connectivity index (χ0) is 15.1. The molecule has 1 aromatic heterocycles. The van der Waals surface area contributed by atoms with Gasteiger partial charge in [0.2, 0.25) is 0 Å². The van der Waals surface area contributed by atoms with Crippen LogP contribution in [-0.4, -0.2) is 34.5 Å². The highest BCUT2D eigenvalue weighted by Crippen LogP contribution is 2.14. The third kappa shape index (κ3) is 5.03. The third-order valence-corrected chi connectivity index (χ3v) is 2.76. The monoisotopic (exact) mass is 297 g/mol. The van der Waals surface area contributed by atoms with E-state index in [0.717, 1.165) is 11.3 Å². The first-order chi connectivity index (χ1) is 10.2. The molecule has 0 amide bonds. The average molecular weight is 297 g/mol. The van der Waals surface area contributed by atoms with Crippen LogP contribution in [-0.2, 0) is 13.1 Å². The van der Waals surface area contributed by atoms with Crippen LogP contribution in [0.4, 0.5) is 14.5 Å². The minimum Gasteiger partial charge on any atom is -0.488 e. The van der Waals surface area contributed by atoms with Crippen molar-refractivity contribution < 1.29 is 18.6 Å². The quantitative estimate of drug-likeness (QED) is 0.783. The summed E-state index contributed by atoms with van der Waals surface area (Å²) < 4.78 is 30.6. The van der Waals surface area contributed by atoms with Crippen molar-refractivity contribution in [3.05, 3.63) is 42.2 Å². The molecule has 114 valence electrons. The van der Waals surface area contributed by atoms with E-state index in [2.05, 4.69) is 10.4 Å². The van der Waals surface area contributed by atoms with Gasteiger partial charge in [-0.15, -0.1) is 0 Å². The summed E-state index contributed by atoms with van der Waals surface area (Å²) in [7, 11) is 0. The fourth-order valence-electron chi connectivity index (χ4n) is 1.75. The molecule has 2 aromatic rings. The van der Waals surface area contributed by atoms with Crippen LogP contribution in [0.1, 0.15) is 5.56 Å². The summed E-state index contributed by atoms with van der Waals surface area (Å²) in [4.78, 5) is 0. The minimum atomic E-state index is -2.47. The third-order valence-electron chi connectivity index (χ3n) is 2.76. The highest BCUT2D eigenvalue weighted by molar-refractivity contribution is 5.39. The highest BCUT2D eigenvalue weighted by Gasteiger charge is 2.03. The maximum absolute atomic E-state index is 12.0. The van der Waals surface area contributed by atoms with Gasteiger partial charge in [0.05, 0.1) is 25.0 Å². The van der Waals surface area contributed by atoms with Crippen LogP contribution in [0.2, 0.25) is 0 Å². The molecule has 1 aromatic carbocycles. The van der Waals surface area contributed by atoms with Crippen molar-refractivity contribution >= 4 is 5.69 Å². The molecule has 2 N–H and O–H groups in total. The molecule has 21 heavy (non-hydrogen) atoms. The van der Waals surface area contributed by atoms with Crippen molar-refractivity contribution in [2.75, 3.05) is 18.5 Å². The molecule has 0 saturated carbocycles. The number of aromatic nitrogens is 2. The lowest BCUT2D eigenvalue weighted by Gasteiger charge is -2.07. The van der Waals surface area contributed by atoms with Crippen molar-refractivity contribution in [2.45, 2.75) is 19.5 Å². The van der Waals surface area contributed by atoms with Crippen LogP contribution >= 0.6 is 0 Å². The number of benzene rings is 1. The van der Waals surface area contributed by atoms with Crippen molar-refractivity contribution in [2.24, 2.45) is 0 Å². The van der Waals surface area contributed by atoms with Crippen LogP contribution in [0.3, 0.4) is 0 Å². The molecule has 0 saturated heterocycles. The topological polar surface area (TPSA) is 59.3 Å². The number of alkyl halides is 2.